The van der Waals surface area contributed by atoms with Crippen LogP contribution >= 0.6 is 11.5 Å². The van der Waals surface area contributed by atoms with Crippen molar-refractivity contribution >= 4 is 17.4 Å². The van der Waals surface area contributed by atoms with Gasteiger partial charge in [0.15, 0.2) is 5.82 Å². The van der Waals surface area contributed by atoms with Crippen LogP contribution in [0.25, 0.3) is 0 Å². The fourth-order valence-electron chi connectivity index (χ4n) is 5.50. The number of benzene rings is 4. The van der Waals surface area contributed by atoms with E-state index in [0.717, 1.165) is 30.0 Å². The first-order valence-electron chi connectivity index (χ1n) is 14.4. The van der Waals surface area contributed by atoms with Crippen LogP contribution in [0.4, 0.5) is 0 Å². The van der Waals surface area contributed by atoms with E-state index in [4.69, 9.17) is 9.47 Å². The molecule has 1 saturated heterocycles. The van der Waals surface area contributed by atoms with Gasteiger partial charge in [-0.25, -0.2) is 0 Å². The summed E-state index contributed by atoms with van der Waals surface area (Å²) in [6.07, 6.45) is 0.579. The molecule has 0 N–H and O–H groups in total. The molecule has 0 unspecified atom stereocenters. The van der Waals surface area contributed by atoms with Crippen molar-refractivity contribution in [3.63, 3.8) is 0 Å². The molecule has 0 saturated carbocycles. The summed E-state index contributed by atoms with van der Waals surface area (Å²) in [4.78, 5) is 22.6. The average Bonchev–Trinajstić information content (AvgIpc) is 3.49. The van der Waals surface area contributed by atoms with Gasteiger partial charge in [-0.3, -0.25) is 9.69 Å². The predicted molar refractivity (Wildman–Crippen MR) is 169 cm³/mol. The first-order chi connectivity index (χ1) is 21.1. The number of hydrogen-bond acceptors (Lipinski definition) is 7. The predicted octanol–water partition coefficient (Wildman–Crippen LogP) is 6.79. The normalized spacial score (nSPS) is 13.7. The number of methoxy groups -OCH3 is 1. The zero-order chi connectivity index (χ0) is 29.6. The molecule has 2 heterocycles. The van der Waals surface area contributed by atoms with E-state index in [1.54, 1.807) is 7.11 Å². The molecule has 5 aromatic rings. The molecule has 1 aliphatic heterocycles. The van der Waals surface area contributed by atoms with Crippen molar-refractivity contribution in [3.8, 4) is 16.7 Å². The van der Waals surface area contributed by atoms with E-state index in [1.807, 2.05) is 66.4 Å². The molecule has 1 amide bonds. The molecule has 1 aromatic heterocycles. The highest BCUT2D eigenvalue weighted by molar-refractivity contribution is 7.07. The number of ether oxygens (including phenoxy) is 2. The van der Waals surface area contributed by atoms with Gasteiger partial charge >= 0.3 is 0 Å². The van der Waals surface area contributed by atoms with E-state index in [-0.39, 0.29) is 11.9 Å². The minimum atomic E-state index is 0.0106. The van der Waals surface area contributed by atoms with Gasteiger partial charge < -0.3 is 14.4 Å². The van der Waals surface area contributed by atoms with Crippen molar-refractivity contribution in [2.24, 2.45) is 0 Å². The number of piperazine rings is 1. The van der Waals surface area contributed by atoms with Crippen LogP contribution in [0.2, 0.25) is 0 Å². The molecule has 0 radical (unpaired) electrons. The second-order valence-electron chi connectivity index (χ2n) is 10.6. The van der Waals surface area contributed by atoms with Crippen molar-refractivity contribution in [1.29, 1.82) is 0 Å². The Kier molecular flexibility index (Phi) is 8.77. The summed E-state index contributed by atoms with van der Waals surface area (Å²) in [5.41, 5.74) is 5.12. The van der Waals surface area contributed by atoms with Crippen molar-refractivity contribution in [2.45, 2.75) is 19.4 Å². The molecule has 218 valence electrons. The van der Waals surface area contributed by atoms with Crippen LogP contribution in [0, 0.1) is 6.92 Å². The molecular formula is C35H34N4O3S. The summed E-state index contributed by atoms with van der Waals surface area (Å²) in [6, 6.07) is 34.8. The number of aromatic nitrogens is 2. The molecule has 7 nitrogen and oxygen atoms in total. The maximum atomic E-state index is 13.6. The summed E-state index contributed by atoms with van der Waals surface area (Å²) in [5.74, 6) is 2.11. The lowest BCUT2D eigenvalue weighted by atomic mass is 9.96. The van der Waals surface area contributed by atoms with Gasteiger partial charge in [0, 0.05) is 49.7 Å². The second kappa shape index (κ2) is 13.2. The topological polar surface area (TPSA) is 67.8 Å². The summed E-state index contributed by atoms with van der Waals surface area (Å²) in [5, 5.41) is 0.451. The molecule has 1 aliphatic rings. The molecule has 1 fully saturated rings. The van der Waals surface area contributed by atoms with Crippen LogP contribution in [0.1, 0.15) is 44.5 Å². The highest BCUT2D eigenvalue weighted by atomic mass is 32.1. The van der Waals surface area contributed by atoms with E-state index < -0.39 is 0 Å². The Morgan fingerprint density at radius 2 is 1.56 bits per heavy atom. The number of hydrogen-bond donors (Lipinski definition) is 0. The van der Waals surface area contributed by atoms with Crippen LogP contribution in [-0.2, 0) is 6.42 Å². The van der Waals surface area contributed by atoms with Crippen LogP contribution in [-0.4, -0.2) is 58.4 Å². The first kappa shape index (κ1) is 28.6. The molecule has 4 aromatic carbocycles. The van der Waals surface area contributed by atoms with Crippen molar-refractivity contribution in [1.82, 2.24) is 19.2 Å². The van der Waals surface area contributed by atoms with Gasteiger partial charge in [-0.1, -0.05) is 78.9 Å². The van der Waals surface area contributed by atoms with Crippen LogP contribution in [0.15, 0.2) is 103 Å². The molecule has 6 rings (SSSR count). The average molecular weight is 591 g/mol. The standard InChI is InChI=1S/C35H34N4O3S/c1-25-16-17-29(24-31(25)42-35-36-32(37-43-35)23-26-10-9-15-30(22-26)41-2)34(40)39-20-18-38(19-21-39)33(27-11-5-3-6-12-27)28-13-7-4-8-14-28/h3-17,22,24,33H,18-21,23H2,1-2H3. The third kappa shape index (κ3) is 6.77. The van der Waals surface area contributed by atoms with Gasteiger partial charge in [0.05, 0.1) is 13.2 Å². The fourth-order valence-corrected chi connectivity index (χ4v) is 6.07. The number of carbonyl (C=O) groups excluding carboxylic acids is 1. The van der Waals surface area contributed by atoms with E-state index in [1.165, 1.54) is 22.7 Å². The summed E-state index contributed by atoms with van der Waals surface area (Å²) in [6.45, 7) is 4.85. The Labute approximate surface area is 256 Å². The van der Waals surface area contributed by atoms with E-state index >= 15 is 0 Å². The second-order valence-corrected chi connectivity index (χ2v) is 11.4. The largest absolute Gasteiger partial charge is 0.497 e. The molecule has 0 bridgehead atoms. The Bertz CT molecular complexity index is 1630. The molecule has 0 spiro atoms. The Hall–Kier alpha value is -4.53. The Balaban J connectivity index is 1.12. The maximum absolute atomic E-state index is 13.6. The van der Waals surface area contributed by atoms with Gasteiger partial charge in [0.1, 0.15) is 11.5 Å². The lowest BCUT2D eigenvalue weighted by molar-refractivity contribution is 0.0597. The lowest BCUT2D eigenvalue weighted by Crippen LogP contribution is -2.49. The third-order valence-electron chi connectivity index (χ3n) is 7.78. The molecular weight excluding hydrogens is 556 g/mol. The summed E-state index contributed by atoms with van der Waals surface area (Å²) < 4.78 is 15.9. The van der Waals surface area contributed by atoms with Crippen molar-refractivity contribution < 1.29 is 14.3 Å². The minimum absolute atomic E-state index is 0.0106. The zero-order valence-corrected chi connectivity index (χ0v) is 25.2. The zero-order valence-electron chi connectivity index (χ0n) is 24.3. The molecule has 0 atom stereocenters. The van der Waals surface area contributed by atoms with E-state index in [9.17, 15) is 4.79 Å². The van der Waals surface area contributed by atoms with Crippen molar-refractivity contribution in [2.75, 3.05) is 33.3 Å². The highest BCUT2D eigenvalue weighted by Crippen LogP contribution is 2.31. The monoisotopic (exact) mass is 590 g/mol. The van der Waals surface area contributed by atoms with Crippen LogP contribution in [0.5, 0.6) is 16.7 Å². The third-order valence-corrected chi connectivity index (χ3v) is 8.41. The summed E-state index contributed by atoms with van der Waals surface area (Å²) >= 11 is 1.21. The van der Waals surface area contributed by atoms with Gasteiger partial charge in [-0.2, -0.15) is 9.36 Å². The van der Waals surface area contributed by atoms with Gasteiger partial charge in [-0.15, -0.1) is 0 Å². The maximum Gasteiger partial charge on any atom is 0.298 e. The quantitative estimate of drug-likeness (QED) is 0.188. The van der Waals surface area contributed by atoms with E-state index in [0.29, 0.717) is 41.8 Å². The summed E-state index contributed by atoms with van der Waals surface area (Å²) in [7, 11) is 1.65. The first-order valence-corrected chi connectivity index (χ1v) is 15.2. The van der Waals surface area contributed by atoms with Crippen LogP contribution in [0.3, 0.4) is 0 Å². The number of rotatable bonds is 9. The Morgan fingerprint density at radius 3 is 2.23 bits per heavy atom. The Morgan fingerprint density at radius 1 is 0.860 bits per heavy atom. The number of nitrogens with zero attached hydrogens (tertiary/aromatic N) is 4. The SMILES string of the molecule is COc1cccc(Cc2nsc(Oc3cc(C(=O)N4CCN(C(c5ccccc5)c5ccccc5)CC4)ccc3C)n2)c1. The smallest absolute Gasteiger partial charge is 0.298 e. The van der Waals surface area contributed by atoms with Gasteiger partial charge in [0.2, 0.25) is 0 Å². The van der Waals surface area contributed by atoms with Gasteiger partial charge in [0.25, 0.3) is 11.1 Å². The minimum Gasteiger partial charge on any atom is -0.497 e. The lowest BCUT2D eigenvalue weighted by Gasteiger charge is -2.39. The molecule has 8 heteroatoms. The molecule has 0 aliphatic carbocycles. The van der Waals surface area contributed by atoms with Crippen LogP contribution < -0.4 is 9.47 Å². The fraction of sp³-hybridized carbons (Fsp3) is 0.229. The van der Waals surface area contributed by atoms with E-state index in [2.05, 4.69) is 62.8 Å². The number of aryl methyl sites for hydroxylation is 1. The molecule has 43 heavy (non-hydrogen) atoms. The van der Waals surface area contributed by atoms with Gasteiger partial charge in [-0.05, 0) is 53.4 Å². The number of carbonyl (C=O) groups is 1. The van der Waals surface area contributed by atoms with Crippen molar-refractivity contribution in [3.05, 3.63) is 137 Å². The highest BCUT2D eigenvalue weighted by Gasteiger charge is 2.29. The number of amides is 1.